The molecular formula is C22H34O6Si. The number of ether oxygens (including phenoxy) is 4. The molecule has 1 aromatic rings. The van der Waals surface area contributed by atoms with Gasteiger partial charge in [0.15, 0.2) is 18.2 Å². The van der Waals surface area contributed by atoms with Crippen molar-refractivity contribution in [2.45, 2.75) is 82.0 Å². The van der Waals surface area contributed by atoms with Gasteiger partial charge in [0.2, 0.25) is 0 Å². The van der Waals surface area contributed by atoms with Gasteiger partial charge in [-0.1, -0.05) is 71.9 Å². The first kappa shape index (κ1) is 21.4. The van der Waals surface area contributed by atoms with Crippen LogP contribution in [0.4, 0.5) is 0 Å². The first-order valence-corrected chi connectivity index (χ1v) is 12.2. The van der Waals surface area contributed by atoms with Crippen LogP contribution in [0.25, 0.3) is 0 Å². The van der Waals surface area contributed by atoms with Crippen LogP contribution in [0.2, 0.25) is 10.1 Å². The van der Waals surface area contributed by atoms with Crippen molar-refractivity contribution in [3.63, 3.8) is 0 Å². The summed E-state index contributed by atoms with van der Waals surface area (Å²) in [5, 5.41) is -0.291. The van der Waals surface area contributed by atoms with Crippen molar-refractivity contribution < 1.29 is 27.8 Å². The van der Waals surface area contributed by atoms with Crippen LogP contribution in [0.3, 0.4) is 0 Å². The van der Waals surface area contributed by atoms with Crippen LogP contribution >= 0.6 is 0 Å². The molecule has 2 bridgehead atoms. The van der Waals surface area contributed by atoms with E-state index in [0.717, 1.165) is 5.56 Å². The van der Waals surface area contributed by atoms with E-state index < -0.39 is 32.8 Å². The van der Waals surface area contributed by atoms with Crippen LogP contribution in [0, 0.1) is 0 Å². The lowest BCUT2D eigenvalue weighted by Crippen LogP contribution is -2.61. The van der Waals surface area contributed by atoms with Crippen LogP contribution in [0.5, 0.6) is 0 Å². The van der Waals surface area contributed by atoms with Gasteiger partial charge in [-0.25, -0.2) is 0 Å². The topological polar surface area (TPSA) is 55.4 Å². The average molecular weight is 423 g/mol. The molecule has 0 amide bonds. The molecule has 0 aliphatic carbocycles. The lowest BCUT2D eigenvalue weighted by Gasteiger charge is -2.50. The Labute approximate surface area is 175 Å². The van der Waals surface area contributed by atoms with Crippen LogP contribution in [-0.4, -0.2) is 53.0 Å². The van der Waals surface area contributed by atoms with Gasteiger partial charge in [0.05, 0.1) is 13.2 Å². The first-order chi connectivity index (χ1) is 13.5. The van der Waals surface area contributed by atoms with E-state index in [1.165, 1.54) is 0 Å². The molecule has 3 heterocycles. The molecule has 1 aromatic carbocycles. The molecule has 1 spiro atoms. The Morgan fingerprint density at radius 2 is 1.69 bits per heavy atom. The van der Waals surface area contributed by atoms with Crippen LogP contribution in [0.15, 0.2) is 30.3 Å². The van der Waals surface area contributed by atoms with E-state index in [0.29, 0.717) is 13.2 Å². The lowest BCUT2D eigenvalue weighted by molar-refractivity contribution is -0.166. The van der Waals surface area contributed by atoms with E-state index in [-0.39, 0.29) is 16.2 Å². The highest BCUT2D eigenvalue weighted by atomic mass is 28.4. The maximum absolute atomic E-state index is 7.01. The zero-order chi connectivity index (χ0) is 21.1. The zero-order valence-electron chi connectivity index (χ0n) is 18.6. The van der Waals surface area contributed by atoms with E-state index >= 15 is 0 Å². The number of hydrogen-bond donors (Lipinski definition) is 0. The number of benzene rings is 1. The smallest absolute Gasteiger partial charge is 0.349 e. The second-order valence-corrected chi connectivity index (χ2v) is 15.1. The SMILES string of the molecule is CO[C@H]1O[C@@H]2CO[Si](C(C)(C)C)(C(C)(C)C)O[C@H]1[C@@]21COC(c2ccccc2)O1. The summed E-state index contributed by atoms with van der Waals surface area (Å²) >= 11 is 0. The standard InChI is InChI=1S/C22H34O6Si/c1-20(2,3)29(21(4,5)6)25-13-16-22(17(28-29)19(23-7)26-16)14-24-18(27-22)15-11-9-8-10-12-15/h8-12,16-19H,13-14H2,1-7H3/t16-,17-,18?,19+,22-/m1/s1. The fourth-order valence-corrected chi connectivity index (χ4v) is 10.1. The van der Waals surface area contributed by atoms with Crippen molar-refractivity contribution in [3.05, 3.63) is 35.9 Å². The summed E-state index contributed by atoms with van der Waals surface area (Å²) in [7, 11) is -1.08. The van der Waals surface area contributed by atoms with E-state index in [1.807, 2.05) is 30.3 Å². The zero-order valence-corrected chi connectivity index (χ0v) is 19.6. The molecule has 0 radical (unpaired) electrons. The summed E-state index contributed by atoms with van der Waals surface area (Å²) < 4.78 is 38.3. The molecule has 162 valence electrons. The van der Waals surface area contributed by atoms with Gasteiger partial charge in [0, 0.05) is 22.7 Å². The van der Waals surface area contributed by atoms with E-state index in [9.17, 15) is 0 Å². The van der Waals surface area contributed by atoms with Crippen molar-refractivity contribution in [1.29, 1.82) is 0 Å². The molecule has 0 aromatic heterocycles. The summed E-state index contributed by atoms with van der Waals surface area (Å²) in [4.78, 5) is 0. The monoisotopic (exact) mass is 422 g/mol. The summed E-state index contributed by atoms with van der Waals surface area (Å²) in [6.45, 7) is 14.0. The molecule has 5 atom stereocenters. The molecule has 3 fully saturated rings. The Kier molecular flexibility index (Phi) is 5.26. The molecule has 0 N–H and O–H groups in total. The lowest BCUT2D eigenvalue weighted by atomic mass is 9.94. The molecule has 3 aliphatic rings. The highest BCUT2D eigenvalue weighted by Crippen LogP contribution is 2.58. The van der Waals surface area contributed by atoms with E-state index in [4.69, 9.17) is 27.8 Å². The molecule has 3 saturated heterocycles. The van der Waals surface area contributed by atoms with Gasteiger partial charge in [-0.05, 0) is 0 Å². The van der Waals surface area contributed by atoms with E-state index in [2.05, 4.69) is 41.5 Å². The quantitative estimate of drug-likeness (QED) is 0.663. The van der Waals surface area contributed by atoms with Gasteiger partial charge in [-0.3, -0.25) is 0 Å². The Hall–Kier alpha value is -0.803. The van der Waals surface area contributed by atoms with E-state index in [1.54, 1.807) is 7.11 Å². The summed E-state index contributed by atoms with van der Waals surface area (Å²) in [5.41, 5.74) is 0.227. The first-order valence-electron chi connectivity index (χ1n) is 10.4. The molecule has 0 saturated carbocycles. The Morgan fingerprint density at radius 1 is 1.03 bits per heavy atom. The molecule has 1 unspecified atom stereocenters. The normalized spacial score (nSPS) is 37.1. The minimum Gasteiger partial charge on any atom is -0.391 e. The number of rotatable bonds is 2. The highest BCUT2D eigenvalue weighted by molar-refractivity contribution is 6.73. The van der Waals surface area contributed by atoms with Crippen molar-refractivity contribution in [2.75, 3.05) is 20.3 Å². The van der Waals surface area contributed by atoms with Gasteiger partial charge in [0.1, 0.15) is 12.2 Å². The van der Waals surface area contributed by atoms with Gasteiger partial charge < -0.3 is 27.8 Å². The maximum Gasteiger partial charge on any atom is 0.349 e. The highest BCUT2D eigenvalue weighted by Gasteiger charge is 2.71. The fraction of sp³-hybridized carbons (Fsp3) is 0.727. The Balaban J connectivity index is 1.73. The van der Waals surface area contributed by atoms with Crippen molar-refractivity contribution in [3.8, 4) is 0 Å². The van der Waals surface area contributed by atoms with Crippen molar-refractivity contribution >= 4 is 8.56 Å². The largest absolute Gasteiger partial charge is 0.391 e. The van der Waals surface area contributed by atoms with Crippen molar-refractivity contribution in [2.24, 2.45) is 0 Å². The number of methoxy groups -OCH3 is 1. The number of hydrogen-bond acceptors (Lipinski definition) is 6. The third kappa shape index (κ3) is 3.22. The Morgan fingerprint density at radius 3 is 2.28 bits per heavy atom. The van der Waals surface area contributed by atoms with Crippen LogP contribution in [0.1, 0.15) is 53.4 Å². The minimum atomic E-state index is -2.74. The van der Waals surface area contributed by atoms with Gasteiger partial charge >= 0.3 is 8.56 Å². The maximum atomic E-state index is 7.01. The third-order valence-electron chi connectivity index (χ3n) is 6.37. The molecule has 6 nitrogen and oxygen atoms in total. The molecule has 29 heavy (non-hydrogen) atoms. The summed E-state index contributed by atoms with van der Waals surface area (Å²) in [6, 6.07) is 9.98. The molecule has 7 heteroatoms. The predicted octanol–water partition coefficient (Wildman–Crippen LogP) is 4.30. The predicted molar refractivity (Wildman–Crippen MR) is 111 cm³/mol. The third-order valence-corrected chi connectivity index (χ3v) is 11.5. The van der Waals surface area contributed by atoms with Crippen molar-refractivity contribution in [1.82, 2.24) is 0 Å². The molecular weight excluding hydrogens is 388 g/mol. The molecule has 3 aliphatic heterocycles. The molecule has 4 rings (SSSR count). The fourth-order valence-electron chi connectivity index (χ4n) is 5.16. The average Bonchev–Trinajstić information content (AvgIpc) is 3.14. The Bertz CT molecular complexity index is 713. The second kappa shape index (κ2) is 7.12. The van der Waals surface area contributed by atoms with Crippen LogP contribution in [-0.2, 0) is 27.8 Å². The minimum absolute atomic E-state index is 0.145. The summed E-state index contributed by atoms with van der Waals surface area (Å²) in [5.74, 6) is 0. The summed E-state index contributed by atoms with van der Waals surface area (Å²) in [6.07, 6.45) is -1.70. The van der Waals surface area contributed by atoms with Gasteiger partial charge in [0.25, 0.3) is 0 Å². The van der Waals surface area contributed by atoms with Gasteiger partial charge in [-0.2, -0.15) is 0 Å². The van der Waals surface area contributed by atoms with Crippen LogP contribution < -0.4 is 0 Å². The second-order valence-electron chi connectivity index (χ2n) is 10.3. The van der Waals surface area contributed by atoms with Gasteiger partial charge in [-0.15, -0.1) is 0 Å².